The van der Waals surface area contributed by atoms with Gasteiger partial charge in [0.05, 0.1) is 0 Å². The summed E-state index contributed by atoms with van der Waals surface area (Å²) in [6.45, 7) is 4.34. The molecule has 1 unspecified atom stereocenters. The first kappa shape index (κ1) is 30.2. The quantitative estimate of drug-likeness (QED) is 0.0934. The van der Waals surface area contributed by atoms with Gasteiger partial charge in [0.25, 0.3) is 6.10 Å². The molecule has 0 aliphatic carbocycles. The van der Waals surface area contributed by atoms with Gasteiger partial charge in [0.1, 0.15) is 0 Å². The number of alkyl halides is 5. The summed E-state index contributed by atoms with van der Waals surface area (Å²) in [5.41, 5.74) is 0. The molecular weight excluding hydrogens is 467 g/mol. The van der Waals surface area contributed by atoms with E-state index in [9.17, 15) is 39.7 Å². The summed E-state index contributed by atoms with van der Waals surface area (Å²) in [5, 5.41) is -5.80. The Kier molecular flexibility index (Phi) is 12.7. The van der Waals surface area contributed by atoms with Crippen LogP contribution in [-0.2, 0) is 24.1 Å². The molecule has 0 amide bonds. The molecule has 1 atom stereocenters. The smallest absolute Gasteiger partial charge is 0.432 e. The number of hydrogen-bond donors (Lipinski definition) is 0. The van der Waals surface area contributed by atoms with E-state index in [1.54, 1.807) is 7.11 Å². The van der Waals surface area contributed by atoms with Crippen molar-refractivity contribution in [1.82, 2.24) is 0 Å². The molecule has 0 aliphatic rings. The molecule has 0 aromatic heterocycles. The minimum Gasteiger partial charge on any atom is -0.743 e. The lowest BCUT2D eigenvalue weighted by Gasteiger charge is -2.29. The lowest BCUT2D eigenvalue weighted by molar-refractivity contribution is -0.259. The Labute approximate surface area is 181 Å². The summed E-state index contributed by atoms with van der Waals surface area (Å²) in [4.78, 5) is 11.4. The molecule has 0 radical (unpaired) electrons. The lowest BCUT2D eigenvalue weighted by atomic mass is 10.1. The van der Waals surface area contributed by atoms with E-state index in [2.05, 4.69) is 17.8 Å². The summed E-state index contributed by atoms with van der Waals surface area (Å²) in [6.07, 6.45) is -3.29. The van der Waals surface area contributed by atoms with Crippen LogP contribution in [0.3, 0.4) is 0 Å². The van der Waals surface area contributed by atoms with Crippen molar-refractivity contribution in [3.63, 3.8) is 0 Å². The second-order valence-electron chi connectivity index (χ2n) is 8.07. The fourth-order valence-electron chi connectivity index (χ4n) is 2.81. The first-order chi connectivity index (χ1) is 14.0. The molecule has 0 rings (SSSR count). The van der Waals surface area contributed by atoms with E-state index in [1.165, 1.54) is 0 Å². The van der Waals surface area contributed by atoms with Gasteiger partial charge in [0, 0.05) is 13.5 Å². The van der Waals surface area contributed by atoms with Gasteiger partial charge in [0.15, 0.2) is 18.4 Å². The molecule has 13 heteroatoms. The van der Waals surface area contributed by atoms with Gasteiger partial charge in [-0.05, 0) is 25.6 Å². The van der Waals surface area contributed by atoms with Crippen molar-refractivity contribution < 1.29 is 48.9 Å². The molecule has 0 aromatic carbocycles. The van der Waals surface area contributed by atoms with Crippen LogP contribution in [-0.4, -0.2) is 51.9 Å². The van der Waals surface area contributed by atoms with Gasteiger partial charge < -0.3 is 13.7 Å². The van der Waals surface area contributed by atoms with E-state index in [4.69, 9.17) is 4.43 Å². The molecule has 0 aliphatic heterocycles. The summed E-state index contributed by atoms with van der Waals surface area (Å²) in [6, 6.07) is 1.11. The predicted molar refractivity (Wildman–Crippen MR) is 106 cm³/mol. The normalized spacial score (nSPS) is 14.5. The van der Waals surface area contributed by atoms with Crippen LogP contribution in [0.1, 0.15) is 64.2 Å². The van der Waals surface area contributed by atoms with Crippen LogP contribution in [0.5, 0.6) is 0 Å². The van der Waals surface area contributed by atoms with Crippen LogP contribution in [0.2, 0.25) is 19.1 Å². The maximum atomic E-state index is 13.3. The van der Waals surface area contributed by atoms with Gasteiger partial charge in [-0.1, -0.05) is 51.4 Å². The molecule has 0 saturated heterocycles. The van der Waals surface area contributed by atoms with Gasteiger partial charge in [-0.15, -0.1) is 0 Å². The standard InChI is InChI=1S/C18H33F5O6SSi/c1-28-31(2,3)14-12-10-8-6-4-5-7-9-11-13-15(24)29-16(17(19,20)21)18(22,23)30(25,26)27/h16H,4-14H2,1-3H3,(H,25,26,27)/p-1. The van der Waals surface area contributed by atoms with Crippen LogP contribution in [0, 0.1) is 0 Å². The highest BCUT2D eigenvalue weighted by molar-refractivity contribution is 7.86. The Morgan fingerprint density at radius 1 is 0.903 bits per heavy atom. The largest absolute Gasteiger partial charge is 0.743 e. The fraction of sp³-hybridized carbons (Fsp3) is 0.944. The minimum atomic E-state index is -6.67. The number of unbranched alkanes of at least 4 members (excludes halogenated alkanes) is 8. The monoisotopic (exact) mass is 499 g/mol. The molecule has 0 bridgehead atoms. The van der Waals surface area contributed by atoms with Gasteiger partial charge in [-0.3, -0.25) is 4.79 Å². The van der Waals surface area contributed by atoms with Crippen molar-refractivity contribution in [1.29, 1.82) is 0 Å². The molecule has 0 heterocycles. The lowest BCUT2D eigenvalue weighted by Crippen LogP contribution is -2.52. The highest BCUT2D eigenvalue weighted by Crippen LogP contribution is 2.38. The number of hydrogen-bond acceptors (Lipinski definition) is 6. The average Bonchev–Trinajstić information content (AvgIpc) is 2.62. The predicted octanol–water partition coefficient (Wildman–Crippen LogP) is 5.35. The fourth-order valence-corrected chi connectivity index (χ4v) is 4.56. The number of carbonyl (C=O) groups is 1. The Morgan fingerprint density at radius 2 is 1.32 bits per heavy atom. The average molecular weight is 500 g/mol. The van der Waals surface area contributed by atoms with Gasteiger partial charge in [0.2, 0.25) is 0 Å². The highest BCUT2D eigenvalue weighted by Gasteiger charge is 2.62. The summed E-state index contributed by atoms with van der Waals surface area (Å²) in [7, 11) is -6.43. The first-order valence-electron chi connectivity index (χ1n) is 10.2. The van der Waals surface area contributed by atoms with Crippen LogP contribution < -0.4 is 0 Å². The van der Waals surface area contributed by atoms with E-state index in [-0.39, 0.29) is 6.42 Å². The first-order valence-corrected chi connectivity index (χ1v) is 14.7. The Morgan fingerprint density at radius 3 is 1.71 bits per heavy atom. The van der Waals surface area contributed by atoms with Crippen molar-refractivity contribution in [2.75, 3.05) is 7.11 Å². The Bertz CT molecular complexity index is 640. The third-order valence-electron chi connectivity index (χ3n) is 4.90. The number of esters is 1. The summed E-state index contributed by atoms with van der Waals surface area (Å²) in [5.74, 6) is -1.63. The molecule has 0 N–H and O–H groups in total. The topological polar surface area (TPSA) is 92.7 Å². The van der Waals surface area contributed by atoms with Gasteiger partial charge in [-0.2, -0.15) is 22.0 Å². The van der Waals surface area contributed by atoms with Crippen molar-refractivity contribution in [3.8, 4) is 0 Å². The Hall–Kier alpha value is -0.793. The number of carbonyl (C=O) groups excluding carboxylic acids is 1. The summed E-state index contributed by atoms with van der Waals surface area (Å²) >= 11 is 0. The van der Waals surface area contributed by atoms with Crippen LogP contribution >= 0.6 is 0 Å². The maximum Gasteiger partial charge on any atom is 0.432 e. The van der Waals surface area contributed by atoms with Crippen LogP contribution in [0.4, 0.5) is 22.0 Å². The van der Waals surface area contributed by atoms with E-state index in [1.807, 2.05) is 0 Å². The molecule has 0 aromatic rings. The third kappa shape index (κ3) is 12.1. The zero-order chi connectivity index (χ0) is 24.3. The third-order valence-corrected chi connectivity index (χ3v) is 8.44. The SMILES string of the molecule is CO[Si](C)(C)CCCCCCCCCCCC(=O)OC(C(F)(F)F)C(F)(F)S(=O)(=O)[O-]. The van der Waals surface area contributed by atoms with Crippen molar-refractivity contribution in [2.45, 2.75) is 101 Å². The second-order valence-corrected chi connectivity index (χ2v) is 14.0. The van der Waals surface area contributed by atoms with E-state index >= 15 is 0 Å². The van der Waals surface area contributed by atoms with Crippen molar-refractivity contribution >= 4 is 24.4 Å². The van der Waals surface area contributed by atoms with E-state index in [0.717, 1.165) is 44.6 Å². The van der Waals surface area contributed by atoms with Crippen LogP contribution in [0.25, 0.3) is 0 Å². The van der Waals surface area contributed by atoms with E-state index < -0.39 is 48.4 Å². The number of ether oxygens (including phenoxy) is 1. The van der Waals surface area contributed by atoms with Crippen molar-refractivity contribution in [2.24, 2.45) is 0 Å². The maximum absolute atomic E-state index is 13.3. The molecule has 6 nitrogen and oxygen atoms in total. The second kappa shape index (κ2) is 13.0. The number of rotatable bonds is 16. The molecular formula is C18H32F5O6SSi-. The zero-order valence-electron chi connectivity index (χ0n) is 18.1. The summed E-state index contributed by atoms with van der Waals surface area (Å²) < 4.78 is 105. The zero-order valence-corrected chi connectivity index (χ0v) is 19.9. The minimum absolute atomic E-state index is 0.107. The molecule has 0 spiro atoms. The van der Waals surface area contributed by atoms with Crippen molar-refractivity contribution in [3.05, 3.63) is 0 Å². The highest BCUT2D eigenvalue weighted by atomic mass is 32.2. The molecule has 0 fully saturated rings. The number of halogens is 5. The molecule has 0 saturated carbocycles. The van der Waals surface area contributed by atoms with E-state index in [0.29, 0.717) is 12.8 Å². The van der Waals surface area contributed by atoms with Crippen LogP contribution in [0.15, 0.2) is 0 Å². The molecule has 186 valence electrons. The Balaban J connectivity index is 4.06. The van der Waals surface area contributed by atoms with Gasteiger partial charge in [-0.25, -0.2) is 8.42 Å². The molecule has 31 heavy (non-hydrogen) atoms. The van der Waals surface area contributed by atoms with Gasteiger partial charge >= 0.3 is 17.4 Å².